The summed E-state index contributed by atoms with van der Waals surface area (Å²) in [5.41, 5.74) is 0. The number of aliphatic hydroxyl groups excluding tert-OH is 1. The largest absolute Gasteiger partial charge is 0.390 e. The second-order valence-corrected chi connectivity index (χ2v) is 4.31. The van der Waals surface area contributed by atoms with Crippen LogP contribution in [0.1, 0.15) is 33.6 Å². The molecule has 4 nitrogen and oxygen atoms in total. The zero-order chi connectivity index (χ0) is 12.9. The smallest absolute Gasteiger partial charge is 0.0791 e. The number of hydrogen-bond acceptors (Lipinski definition) is 4. The molecule has 17 heavy (non-hydrogen) atoms. The van der Waals surface area contributed by atoms with E-state index in [9.17, 15) is 5.11 Å². The highest BCUT2D eigenvalue weighted by Gasteiger charge is 2.07. The molecule has 1 atom stereocenters. The number of likely N-dealkylation sites (N-methyl/N-ethyl adjacent to an activating group) is 1. The van der Waals surface area contributed by atoms with E-state index in [1.54, 1.807) is 0 Å². The molecule has 0 aromatic rings. The van der Waals surface area contributed by atoms with Crippen molar-refractivity contribution < 1.29 is 9.84 Å². The minimum atomic E-state index is -0.272. The molecule has 0 spiro atoms. The van der Waals surface area contributed by atoms with Gasteiger partial charge in [-0.05, 0) is 32.5 Å². The maximum Gasteiger partial charge on any atom is 0.0791 e. The predicted octanol–water partition coefficient (Wildman–Crippen LogP) is 1.10. The third-order valence-electron chi connectivity index (χ3n) is 2.73. The molecule has 0 aromatic heterocycles. The van der Waals surface area contributed by atoms with E-state index in [0.717, 1.165) is 52.2 Å². The molecule has 2 N–H and O–H groups in total. The second kappa shape index (κ2) is 12.3. The van der Waals surface area contributed by atoms with E-state index in [2.05, 4.69) is 31.0 Å². The van der Waals surface area contributed by atoms with Crippen LogP contribution < -0.4 is 5.32 Å². The van der Waals surface area contributed by atoms with E-state index in [1.165, 1.54) is 0 Å². The van der Waals surface area contributed by atoms with Crippen molar-refractivity contribution in [2.45, 2.75) is 39.7 Å². The Bertz CT molecular complexity index is 152. The Kier molecular flexibility index (Phi) is 12.2. The predicted molar refractivity (Wildman–Crippen MR) is 72.4 cm³/mol. The quantitative estimate of drug-likeness (QED) is 0.506. The molecule has 0 bridgehead atoms. The van der Waals surface area contributed by atoms with Crippen LogP contribution in [0.25, 0.3) is 0 Å². The molecule has 0 saturated carbocycles. The first-order valence-electron chi connectivity index (χ1n) is 6.93. The molecule has 0 heterocycles. The number of nitrogens with zero attached hydrogens (tertiary/aromatic N) is 1. The molecule has 0 saturated heterocycles. The Morgan fingerprint density at radius 2 is 1.88 bits per heavy atom. The third kappa shape index (κ3) is 10.7. The van der Waals surface area contributed by atoms with E-state index in [0.29, 0.717) is 6.54 Å². The van der Waals surface area contributed by atoms with E-state index >= 15 is 0 Å². The Morgan fingerprint density at radius 3 is 2.47 bits per heavy atom. The van der Waals surface area contributed by atoms with Crippen molar-refractivity contribution in [3.05, 3.63) is 0 Å². The number of nitrogens with one attached hydrogen (secondary N) is 1. The van der Waals surface area contributed by atoms with Gasteiger partial charge in [0.25, 0.3) is 0 Å². The molecule has 0 aliphatic rings. The van der Waals surface area contributed by atoms with Crippen molar-refractivity contribution in [2.75, 3.05) is 45.9 Å². The topological polar surface area (TPSA) is 44.7 Å². The van der Waals surface area contributed by atoms with Crippen molar-refractivity contribution in [3.63, 3.8) is 0 Å². The first kappa shape index (κ1) is 16.8. The Morgan fingerprint density at radius 1 is 1.18 bits per heavy atom. The van der Waals surface area contributed by atoms with Gasteiger partial charge in [-0.1, -0.05) is 20.8 Å². The van der Waals surface area contributed by atoms with Crippen LogP contribution in [0.4, 0.5) is 0 Å². The molecule has 0 aliphatic heterocycles. The monoisotopic (exact) mass is 246 g/mol. The summed E-state index contributed by atoms with van der Waals surface area (Å²) in [4.78, 5) is 2.23. The zero-order valence-corrected chi connectivity index (χ0v) is 11.7. The molecule has 0 aliphatic carbocycles. The molecule has 0 fully saturated rings. The van der Waals surface area contributed by atoms with Gasteiger partial charge in [-0.3, -0.25) is 0 Å². The normalized spacial score (nSPS) is 13.2. The van der Waals surface area contributed by atoms with Gasteiger partial charge in [0, 0.05) is 26.3 Å². The maximum absolute atomic E-state index is 9.79. The average Bonchev–Trinajstić information content (AvgIpc) is 2.34. The molecule has 0 aromatic carbocycles. The van der Waals surface area contributed by atoms with E-state index in [-0.39, 0.29) is 6.10 Å². The fraction of sp³-hybridized carbons (Fsp3) is 1.00. The number of hydrogen-bond donors (Lipinski definition) is 2. The number of rotatable bonds is 12. The van der Waals surface area contributed by atoms with Crippen LogP contribution in [-0.2, 0) is 4.74 Å². The second-order valence-electron chi connectivity index (χ2n) is 4.31. The van der Waals surface area contributed by atoms with Crippen molar-refractivity contribution >= 4 is 0 Å². The SMILES string of the molecule is CCCOCCCNCC(O)CN(CC)CC. The lowest BCUT2D eigenvalue weighted by Gasteiger charge is -2.22. The highest BCUT2D eigenvalue weighted by Crippen LogP contribution is 1.91. The van der Waals surface area contributed by atoms with Gasteiger partial charge >= 0.3 is 0 Å². The summed E-state index contributed by atoms with van der Waals surface area (Å²) in [7, 11) is 0. The molecule has 4 heteroatoms. The van der Waals surface area contributed by atoms with Gasteiger partial charge in [0.15, 0.2) is 0 Å². The lowest BCUT2D eigenvalue weighted by atomic mass is 10.3. The van der Waals surface area contributed by atoms with E-state index in [1.807, 2.05) is 0 Å². The maximum atomic E-state index is 9.79. The van der Waals surface area contributed by atoms with Crippen molar-refractivity contribution in [2.24, 2.45) is 0 Å². The summed E-state index contributed by atoms with van der Waals surface area (Å²) >= 11 is 0. The highest BCUT2D eigenvalue weighted by molar-refractivity contribution is 4.65. The minimum absolute atomic E-state index is 0.272. The first-order valence-corrected chi connectivity index (χ1v) is 6.93. The van der Waals surface area contributed by atoms with Crippen LogP contribution in [0, 0.1) is 0 Å². The van der Waals surface area contributed by atoms with Gasteiger partial charge in [0.05, 0.1) is 6.10 Å². The molecule has 1 unspecified atom stereocenters. The summed E-state index contributed by atoms with van der Waals surface area (Å²) in [5.74, 6) is 0. The van der Waals surface area contributed by atoms with E-state index < -0.39 is 0 Å². The van der Waals surface area contributed by atoms with Gasteiger partial charge in [0.1, 0.15) is 0 Å². The summed E-state index contributed by atoms with van der Waals surface area (Å²) in [5, 5.41) is 13.0. The summed E-state index contributed by atoms with van der Waals surface area (Å²) in [6, 6.07) is 0. The Hall–Kier alpha value is -0.160. The molecular formula is C13H30N2O2. The number of aliphatic hydroxyl groups is 1. The van der Waals surface area contributed by atoms with Gasteiger partial charge in [-0.2, -0.15) is 0 Å². The van der Waals surface area contributed by atoms with Crippen molar-refractivity contribution in [1.29, 1.82) is 0 Å². The number of ether oxygens (including phenoxy) is 1. The summed E-state index contributed by atoms with van der Waals surface area (Å²) < 4.78 is 5.38. The van der Waals surface area contributed by atoms with Gasteiger partial charge < -0.3 is 20.1 Å². The Labute approximate surface area is 106 Å². The zero-order valence-electron chi connectivity index (χ0n) is 11.7. The van der Waals surface area contributed by atoms with Crippen LogP contribution in [0.3, 0.4) is 0 Å². The molecule has 0 rings (SSSR count). The van der Waals surface area contributed by atoms with Crippen LogP contribution in [-0.4, -0.2) is 62.0 Å². The highest BCUT2D eigenvalue weighted by atomic mass is 16.5. The molecule has 0 amide bonds. The molecule has 0 radical (unpaired) electrons. The van der Waals surface area contributed by atoms with Crippen molar-refractivity contribution in [3.8, 4) is 0 Å². The van der Waals surface area contributed by atoms with E-state index in [4.69, 9.17) is 4.74 Å². The molecular weight excluding hydrogens is 216 g/mol. The fourth-order valence-electron chi connectivity index (χ4n) is 1.66. The summed E-state index contributed by atoms with van der Waals surface area (Å²) in [6.07, 6.45) is 1.82. The Balaban J connectivity index is 3.29. The van der Waals surface area contributed by atoms with Gasteiger partial charge in [-0.25, -0.2) is 0 Å². The molecule has 104 valence electrons. The fourth-order valence-corrected chi connectivity index (χ4v) is 1.66. The van der Waals surface area contributed by atoms with Crippen molar-refractivity contribution in [1.82, 2.24) is 10.2 Å². The third-order valence-corrected chi connectivity index (χ3v) is 2.73. The minimum Gasteiger partial charge on any atom is -0.390 e. The first-order chi connectivity index (χ1) is 8.24. The summed E-state index contributed by atoms with van der Waals surface area (Å²) in [6.45, 7) is 12.4. The van der Waals surface area contributed by atoms with Crippen LogP contribution in [0.15, 0.2) is 0 Å². The van der Waals surface area contributed by atoms with Crippen LogP contribution in [0.2, 0.25) is 0 Å². The average molecular weight is 246 g/mol. The lowest BCUT2D eigenvalue weighted by molar-refractivity contribution is 0.112. The van der Waals surface area contributed by atoms with Gasteiger partial charge in [0.2, 0.25) is 0 Å². The van der Waals surface area contributed by atoms with Crippen LogP contribution in [0.5, 0.6) is 0 Å². The lowest BCUT2D eigenvalue weighted by Crippen LogP contribution is -2.38. The van der Waals surface area contributed by atoms with Crippen LogP contribution >= 0.6 is 0 Å². The standard InChI is InChI=1S/C13H30N2O2/c1-4-9-17-10-7-8-14-11-13(16)12-15(5-2)6-3/h13-14,16H,4-12H2,1-3H3. The van der Waals surface area contributed by atoms with Gasteiger partial charge in [-0.15, -0.1) is 0 Å².